The van der Waals surface area contributed by atoms with E-state index in [9.17, 15) is 18.0 Å². The van der Waals surface area contributed by atoms with Crippen molar-refractivity contribution < 1.29 is 18.0 Å². The SMILES string of the molecule is O=C(Nc1cc(C(F)(F)F)ccc1Cl)c1ccc2nc(NC3=C(Cl)CCC=C3Cl)[nH]c2c1. The Kier molecular flexibility index (Phi) is 6.11. The van der Waals surface area contributed by atoms with E-state index in [1.165, 1.54) is 12.1 Å². The summed E-state index contributed by atoms with van der Waals surface area (Å²) in [6, 6.07) is 7.35. The number of aromatic nitrogens is 2. The summed E-state index contributed by atoms with van der Waals surface area (Å²) < 4.78 is 38.9. The largest absolute Gasteiger partial charge is 0.416 e. The minimum atomic E-state index is -4.56. The van der Waals surface area contributed by atoms with Crippen molar-refractivity contribution in [3.05, 3.63) is 74.4 Å². The predicted molar refractivity (Wildman–Crippen MR) is 120 cm³/mol. The molecule has 11 heteroatoms. The number of H-pyrrole nitrogens is 1. The summed E-state index contributed by atoms with van der Waals surface area (Å²) in [4.78, 5) is 20.0. The van der Waals surface area contributed by atoms with Crippen molar-refractivity contribution in [2.45, 2.75) is 19.0 Å². The van der Waals surface area contributed by atoms with E-state index in [4.69, 9.17) is 34.8 Å². The van der Waals surface area contributed by atoms with Gasteiger partial charge in [0, 0.05) is 10.6 Å². The normalized spacial score (nSPS) is 14.5. The second-order valence-electron chi connectivity index (χ2n) is 6.96. The molecule has 1 aliphatic carbocycles. The maximum Gasteiger partial charge on any atom is 0.416 e. The molecular formula is C21H14Cl3F3N4O. The monoisotopic (exact) mass is 500 g/mol. The van der Waals surface area contributed by atoms with E-state index < -0.39 is 17.6 Å². The molecule has 1 aromatic heterocycles. The van der Waals surface area contributed by atoms with Crippen LogP contribution >= 0.6 is 34.8 Å². The number of carbonyl (C=O) groups excluding carboxylic acids is 1. The summed E-state index contributed by atoms with van der Waals surface area (Å²) >= 11 is 18.4. The molecule has 0 unspecified atom stereocenters. The number of alkyl halides is 3. The second-order valence-corrected chi connectivity index (χ2v) is 8.23. The van der Waals surface area contributed by atoms with Crippen molar-refractivity contribution in [3.63, 3.8) is 0 Å². The summed E-state index contributed by atoms with van der Waals surface area (Å²) in [5, 5.41) is 6.51. The van der Waals surface area contributed by atoms with Crippen molar-refractivity contribution in [3.8, 4) is 0 Å². The second kappa shape index (κ2) is 8.69. The summed E-state index contributed by atoms with van der Waals surface area (Å²) in [5.74, 6) is -0.249. The van der Waals surface area contributed by atoms with Crippen molar-refractivity contribution in [2.24, 2.45) is 0 Å². The first-order chi connectivity index (χ1) is 15.1. The van der Waals surface area contributed by atoms with Gasteiger partial charge in [-0.3, -0.25) is 4.79 Å². The molecule has 4 rings (SSSR count). The van der Waals surface area contributed by atoms with Crippen molar-refractivity contribution in [2.75, 3.05) is 10.6 Å². The number of benzene rings is 2. The molecule has 0 aliphatic heterocycles. The minimum absolute atomic E-state index is 0.0111. The number of imidazole rings is 1. The number of nitrogens with one attached hydrogen (secondary N) is 3. The quantitative estimate of drug-likeness (QED) is 0.352. The van der Waals surface area contributed by atoms with Gasteiger partial charge in [-0.1, -0.05) is 40.9 Å². The van der Waals surface area contributed by atoms with Gasteiger partial charge >= 0.3 is 6.18 Å². The average Bonchev–Trinajstić information content (AvgIpc) is 3.13. The third kappa shape index (κ3) is 4.72. The van der Waals surface area contributed by atoms with E-state index in [1.54, 1.807) is 6.07 Å². The van der Waals surface area contributed by atoms with Crippen LogP contribution in [0.5, 0.6) is 0 Å². The van der Waals surface area contributed by atoms with Crippen LogP contribution in [-0.4, -0.2) is 15.9 Å². The summed E-state index contributed by atoms with van der Waals surface area (Å²) in [6.07, 6.45) is -1.31. The van der Waals surface area contributed by atoms with E-state index in [-0.39, 0.29) is 16.3 Å². The number of hydrogen-bond donors (Lipinski definition) is 3. The number of amides is 1. The third-order valence-electron chi connectivity index (χ3n) is 4.73. The minimum Gasteiger partial charge on any atom is -0.324 e. The highest BCUT2D eigenvalue weighted by atomic mass is 35.5. The first-order valence-electron chi connectivity index (χ1n) is 9.31. The van der Waals surface area contributed by atoms with Crippen molar-refractivity contribution >= 4 is 63.4 Å². The fraction of sp³-hybridized carbons (Fsp3) is 0.143. The molecule has 1 aliphatic rings. The van der Waals surface area contributed by atoms with E-state index >= 15 is 0 Å². The van der Waals surface area contributed by atoms with E-state index in [1.807, 2.05) is 6.08 Å². The molecule has 0 saturated heterocycles. The molecule has 0 spiro atoms. The maximum absolute atomic E-state index is 13.0. The topological polar surface area (TPSA) is 69.8 Å². The van der Waals surface area contributed by atoms with E-state index in [2.05, 4.69) is 20.6 Å². The van der Waals surface area contributed by atoms with Crippen molar-refractivity contribution in [1.82, 2.24) is 9.97 Å². The van der Waals surface area contributed by atoms with Gasteiger partial charge in [0.15, 0.2) is 0 Å². The van der Waals surface area contributed by atoms with Crippen LogP contribution in [0.25, 0.3) is 11.0 Å². The summed E-state index contributed by atoms with van der Waals surface area (Å²) in [5.41, 5.74) is 0.792. The molecule has 3 aromatic rings. The Balaban J connectivity index is 1.57. The highest BCUT2D eigenvalue weighted by Gasteiger charge is 2.31. The Hall–Kier alpha value is -2.68. The van der Waals surface area contributed by atoms with Crippen molar-refractivity contribution in [1.29, 1.82) is 0 Å². The average molecular weight is 502 g/mol. The smallest absolute Gasteiger partial charge is 0.324 e. The Morgan fingerprint density at radius 3 is 2.59 bits per heavy atom. The van der Waals surface area contributed by atoms with E-state index in [0.717, 1.165) is 24.6 Å². The molecule has 5 nitrogen and oxygen atoms in total. The molecule has 3 N–H and O–H groups in total. The number of hydrogen-bond acceptors (Lipinski definition) is 3. The van der Waals surface area contributed by atoms with Gasteiger partial charge in [0.25, 0.3) is 5.91 Å². The number of halogens is 6. The Bertz CT molecular complexity index is 1280. The Morgan fingerprint density at radius 2 is 1.88 bits per heavy atom. The van der Waals surface area contributed by atoms with Crippen LogP contribution in [0, 0.1) is 0 Å². The first kappa shape index (κ1) is 22.5. The maximum atomic E-state index is 13.0. The molecule has 1 heterocycles. The zero-order valence-corrected chi connectivity index (χ0v) is 18.3. The highest BCUT2D eigenvalue weighted by molar-refractivity contribution is 6.36. The molecule has 166 valence electrons. The van der Waals surface area contributed by atoms with Crippen LogP contribution in [0.2, 0.25) is 5.02 Å². The number of allylic oxidation sites excluding steroid dienone is 3. The summed E-state index contributed by atoms with van der Waals surface area (Å²) in [6.45, 7) is 0. The van der Waals surface area contributed by atoms with Gasteiger partial charge in [0.1, 0.15) is 0 Å². The number of carbonyl (C=O) groups is 1. The van der Waals surface area contributed by atoms with Gasteiger partial charge in [0.2, 0.25) is 5.95 Å². The molecule has 0 atom stereocenters. The molecule has 0 fully saturated rings. The number of fused-ring (bicyclic) bond motifs is 1. The van der Waals surface area contributed by atoms with Gasteiger partial charge in [-0.25, -0.2) is 4.98 Å². The lowest BCUT2D eigenvalue weighted by Gasteiger charge is -2.14. The Labute approximate surface area is 195 Å². The molecule has 0 saturated carbocycles. The fourth-order valence-corrected chi connectivity index (χ4v) is 3.87. The van der Waals surface area contributed by atoms with Crippen LogP contribution in [-0.2, 0) is 6.18 Å². The van der Waals surface area contributed by atoms with Gasteiger partial charge in [-0.05, 0) is 49.2 Å². The zero-order valence-electron chi connectivity index (χ0n) is 16.1. The Morgan fingerprint density at radius 1 is 1.09 bits per heavy atom. The molecule has 2 aromatic carbocycles. The lowest BCUT2D eigenvalue weighted by Crippen LogP contribution is -2.13. The van der Waals surface area contributed by atoms with Crippen LogP contribution in [0.15, 0.2) is 58.2 Å². The lowest BCUT2D eigenvalue weighted by molar-refractivity contribution is -0.137. The van der Waals surface area contributed by atoms with E-state index in [0.29, 0.717) is 39.2 Å². The third-order valence-corrected chi connectivity index (χ3v) is 5.78. The zero-order chi connectivity index (χ0) is 23.0. The predicted octanol–water partition coefficient (Wildman–Crippen LogP) is 7.27. The van der Waals surface area contributed by atoms with Crippen LogP contribution in [0.1, 0.15) is 28.8 Å². The lowest BCUT2D eigenvalue weighted by atomic mass is 10.1. The van der Waals surface area contributed by atoms with Gasteiger partial charge in [-0.15, -0.1) is 0 Å². The molecular weight excluding hydrogens is 488 g/mol. The van der Waals surface area contributed by atoms with Crippen LogP contribution in [0.4, 0.5) is 24.8 Å². The number of aromatic amines is 1. The molecule has 0 radical (unpaired) electrons. The summed E-state index contributed by atoms with van der Waals surface area (Å²) in [7, 11) is 0. The molecule has 32 heavy (non-hydrogen) atoms. The van der Waals surface area contributed by atoms with Crippen LogP contribution < -0.4 is 10.6 Å². The van der Waals surface area contributed by atoms with Gasteiger partial charge in [-0.2, -0.15) is 13.2 Å². The van der Waals surface area contributed by atoms with Crippen LogP contribution in [0.3, 0.4) is 0 Å². The molecule has 0 bridgehead atoms. The first-order valence-corrected chi connectivity index (χ1v) is 10.4. The molecule has 1 amide bonds. The number of nitrogens with zero attached hydrogens (tertiary/aromatic N) is 1. The number of rotatable bonds is 4. The number of anilines is 2. The fourth-order valence-electron chi connectivity index (χ4n) is 3.13. The van der Waals surface area contributed by atoms with Gasteiger partial charge < -0.3 is 15.6 Å². The highest BCUT2D eigenvalue weighted by Crippen LogP contribution is 2.34. The van der Waals surface area contributed by atoms with Gasteiger partial charge in [0.05, 0.1) is 38.0 Å². The standard InChI is InChI=1S/C21H14Cl3F3N4O/c22-12-6-5-11(21(25,26)27)9-16(12)28-19(32)10-4-7-15-17(8-10)30-20(29-15)31-18-13(23)2-1-3-14(18)24/h2,4-9H,1,3H2,(H,28,32)(H2,29,30,31).